The number of fused-ring (bicyclic) bond motifs is 2. The minimum atomic E-state index is -1.06. The van der Waals surface area contributed by atoms with Gasteiger partial charge in [0.25, 0.3) is 0 Å². The number of rotatable bonds is 5. The van der Waals surface area contributed by atoms with Gasteiger partial charge in [-0.2, -0.15) is 0 Å². The second-order valence-corrected chi connectivity index (χ2v) is 5.50. The van der Waals surface area contributed by atoms with E-state index in [0.717, 1.165) is 0 Å². The van der Waals surface area contributed by atoms with Crippen LogP contribution in [-0.4, -0.2) is 41.1 Å². The van der Waals surface area contributed by atoms with E-state index in [1.165, 1.54) is 0 Å². The molecule has 4 atom stereocenters. The molecule has 4 unspecified atom stereocenters. The molecule has 0 spiro atoms. The average Bonchev–Trinajstić information content (AvgIpc) is 2.79. The molecule has 1 saturated carbocycles. The van der Waals surface area contributed by atoms with Crippen LogP contribution >= 0.6 is 0 Å². The van der Waals surface area contributed by atoms with Gasteiger partial charge in [0.15, 0.2) is 18.1 Å². The first-order valence-corrected chi connectivity index (χ1v) is 7.20. The van der Waals surface area contributed by atoms with Crippen LogP contribution < -0.4 is 14.2 Å². The minimum Gasteiger partial charge on any atom is -0.482 e. The Morgan fingerprint density at radius 1 is 1.45 bits per heavy atom. The van der Waals surface area contributed by atoms with Gasteiger partial charge < -0.3 is 24.4 Å². The molecule has 6 nitrogen and oxygen atoms in total. The highest BCUT2D eigenvalue weighted by Crippen LogP contribution is 2.47. The van der Waals surface area contributed by atoms with E-state index < -0.39 is 18.7 Å². The summed E-state index contributed by atoms with van der Waals surface area (Å²) in [6.45, 7) is 3.26. The van der Waals surface area contributed by atoms with E-state index in [2.05, 4.69) is 6.58 Å². The highest BCUT2D eigenvalue weighted by molar-refractivity contribution is 5.68. The van der Waals surface area contributed by atoms with Crippen molar-refractivity contribution in [1.82, 2.24) is 0 Å². The van der Waals surface area contributed by atoms with E-state index in [4.69, 9.17) is 19.3 Å². The average molecular weight is 306 g/mol. The van der Waals surface area contributed by atoms with Gasteiger partial charge in [-0.05, 0) is 18.6 Å². The third-order valence-electron chi connectivity index (χ3n) is 4.02. The predicted octanol–water partition coefficient (Wildman–Crippen LogP) is 1.62. The van der Waals surface area contributed by atoms with Crippen LogP contribution in [0, 0.1) is 5.92 Å². The summed E-state index contributed by atoms with van der Waals surface area (Å²) in [6.07, 6.45) is 1.86. The van der Waals surface area contributed by atoms with Gasteiger partial charge in [-0.1, -0.05) is 12.1 Å². The molecule has 0 amide bonds. The number of carbonyl (C=O) groups is 1. The summed E-state index contributed by atoms with van der Waals surface area (Å²) in [4.78, 5) is 10.6. The second-order valence-electron chi connectivity index (χ2n) is 5.50. The maximum absolute atomic E-state index is 10.6. The fraction of sp³-hybridized carbons (Fsp3) is 0.438. The van der Waals surface area contributed by atoms with Crippen LogP contribution in [0.5, 0.6) is 17.2 Å². The SMILES string of the molecule is C=CCC1C(O)CC2Oc3c(OCC(=O)O)cccc3OC21. The van der Waals surface area contributed by atoms with Crippen molar-refractivity contribution in [2.45, 2.75) is 31.2 Å². The summed E-state index contributed by atoms with van der Waals surface area (Å²) >= 11 is 0. The molecule has 3 rings (SSSR count). The number of carboxylic acid groups (broad SMARTS) is 1. The Kier molecular flexibility index (Phi) is 3.94. The highest BCUT2D eigenvalue weighted by Gasteiger charge is 2.48. The summed E-state index contributed by atoms with van der Waals surface area (Å²) in [5, 5.41) is 18.9. The van der Waals surface area contributed by atoms with Gasteiger partial charge in [-0.25, -0.2) is 4.79 Å². The van der Waals surface area contributed by atoms with Crippen molar-refractivity contribution < 1.29 is 29.2 Å². The lowest BCUT2D eigenvalue weighted by molar-refractivity contribution is -0.139. The Bertz CT molecular complexity index is 584. The number of benzene rings is 1. The second kappa shape index (κ2) is 5.88. The molecule has 1 aliphatic heterocycles. The maximum atomic E-state index is 10.6. The lowest BCUT2D eigenvalue weighted by Gasteiger charge is -2.32. The zero-order chi connectivity index (χ0) is 15.7. The van der Waals surface area contributed by atoms with E-state index in [-0.39, 0.29) is 18.1 Å². The van der Waals surface area contributed by atoms with Gasteiger partial charge in [0, 0.05) is 12.3 Å². The lowest BCUT2D eigenvalue weighted by atomic mass is 9.99. The number of allylic oxidation sites excluding steroid dienone is 1. The van der Waals surface area contributed by atoms with Crippen molar-refractivity contribution in [1.29, 1.82) is 0 Å². The Morgan fingerprint density at radius 2 is 2.27 bits per heavy atom. The number of hydrogen-bond acceptors (Lipinski definition) is 5. The molecule has 6 heteroatoms. The largest absolute Gasteiger partial charge is 0.482 e. The van der Waals surface area contributed by atoms with Crippen LogP contribution in [0.2, 0.25) is 0 Å². The highest BCUT2D eigenvalue weighted by atomic mass is 16.6. The van der Waals surface area contributed by atoms with E-state index in [0.29, 0.717) is 30.1 Å². The Morgan fingerprint density at radius 3 is 3.00 bits per heavy atom. The predicted molar refractivity (Wildman–Crippen MR) is 77.3 cm³/mol. The number of carboxylic acids is 1. The third-order valence-corrected chi connectivity index (χ3v) is 4.02. The van der Waals surface area contributed by atoms with Crippen LogP contribution in [0.15, 0.2) is 30.9 Å². The molecule has 118 valence electrons. The standard InChI is InChI=1S/C16H18O6/c1-2-4-9-10(17)7-13-15(9)21-12-6-3-5-11(16(12)22-13)20-8-14(18)19/h2-3,5-6,9-10,13,15,17H,1,4,7-8H2,(H,18,19). The molecule has 0 radical (unpaired) electrons. The topological polar surface area (TPSA) is 85.2 Å². The molecule has 0 saturated heterocycles. The molecule has 2 aliphatic rings. The molecular weight excluding hydrogens is 288 g/mol. The van der Waals surface area contributed by atoms with Crippen molar-refractivity contribution in [3.8, 4) is 17.2 Å². The van der Waals surface area contributed by atoms with E-state index in [1.54, 1.807) is 24.3 Å². The Hall–Kier alpha value is -2.21. The molecule has 1 aliphatic carbocycles. The van der Waals surface area contributed by atoms with Crippen molar-refractivity contribution in [3.63, 3.8) is 0 Å². The smallest absolute Gasteiger partial charge is 0.341 e. The van der Waals surface area contributed by atoms with Gasteiger partial charge in [0.1, 0.15) is 12.2 Å². The van der Waals surface area contributed by atoms with Crippen molar-refractivity contribution in [2.24, 2.45) is 5.92 Å². The number of aliphatic hydroxyl groups excluding tert-OH is 1. The zero-order valence-electron chi connectivity index (χ0n) is 12.0. The molecule has 1 heterocycles. The van der Waals surface area contributed by atoms with Crippen LogP contribution in [0.1, 0.15) is 12.8 Å². The van der Waals surface area contributed by atoms with E-state index in [1.807, 2.05) is 0 Å². The summed E-state index contributed by atoms with van der Waals surface area (Å²) < 4.78 is 17.1. The van der Waals surface area contributed by atoms with Crippen LogP contribution in [-0.2, 0) is 4.79 Å². The van der Waals surface area contributed by atoms with Gasteiger partial charge >= 0.3 is 5.97 Å². The minimum absolute atomic E-state index is 0.0563. The number of hydrogen-bond donors (Lipinski definition) is 2. The molecule has 1 fully saturated rings. The van der Waals surface area contributed by atoms with Gasteiger partial charge in [0.05, 0.1) is 6.10 Å². The number of aliphatic hydroxyl groups is 1. The fourth-order valence-corrected chi connectivity index (χ4v) is 3.06. The van der Waals surface area contributed by atoms with Crippen LogP contribution in [0.3, 0.4) is 0 Å². The Balaban J connectivity index is 1.84. The van der Waals surface area contributed by atoms with Gasteiger partial charge in [0.2, 0.25) is 5.75 Å². The first kappa shape index (κ1) is 14.7. The number of para-hydroxylation sites is 1. The molecule has 2 N–H and O–H groups in total. The molecule has 0 bridgehead atoms. The Labute approximate surface area is 127 Å². The molecule has 0 aromatic heterocycles. The zero-order valence-corrected chi connectivity index (χ0v) is 12.0. The van der Waals surface area contributed by atoms with E-state index >= 15 is 0 Å². The van der Waals surface area contributed by atoms with Gasteiger partial charge in [-0.15, -0.1) is 6.58 Å². The molecule has 22 heavy (non-hydrogen) atoms. The third kappa shape index (κ3) is 2.62. The fourth-order valence-electron chi connectivity index (χ4n) is 3.06. The lowest BCUT2D eigenvalue weighted by Crippen LogP contribution is -2.39. The van der Waals surface area contributed by atoms with E-state index in [9.17, 15) is 9.90 Å². The number of aliphatic carboxylic acids is 1. The van der Waals surface area contributed by atoms with Gasteiger partial charge in [-0.3, -0.25) is 0 Å². The summed E-state index contributed by atoms with van der Waals surface area (Å²) in [7, 11) is 0. The maximum Gasteiger partial charge on any atom is 0.341 e. The molecular formula is C16H18O6. The van der Waals surface area contributed by atoms with Crippen molar-refractivity contribution in [2.75, 3.05) is 6.61 Å². The first-order valence-electron chi connectivity index (χ1n) is 7.20. The monoisotopic (exact) mass is 306 g/mol. The van der Waals surface area contributed by atoms with Crippen LogP contribution in [0.4, 0.5) is 0 Å². The number of ether oxygens (including phenoxy) is 3. The normalized spacial score (nSPS) is 28.8. The molecule has 1 aromatic rings. The molecule has 1 aromatic carbocycles. The van der Waals surface area contributed by atoms with Crippen molar-refractivity contribution in [3.05, 3.63) is 30.9 Å². The van der Waals surface area contributed by atoms with Crippen molar-refractivity contribution >= 4 is 5.97 Å². The summed E-state index contributed by atoms with van der Waals surface area (Å²) in [5.74, 6) is 0.123. The summed E-state index contributed by atoms with van der Waals surface area (Å²) in [6, 6.07) is 5.10. The summed E-state index contributed by atoms with van der Waals surface area (Å²) in [5.41, 5.74) is 0. The first-order chi connectivity index (χ1) is 10.6. The quantitative estimate of drug-likeness (QED) is 0.804. The van der Waals surface area contributed by atoms with Crippen LogP contribution in [0.25, 0.3) is 0 Å².